The summed E-state index contributed by atoms with van der Waals surface area (Å²) in [6.45, 7) is 0. The fourth-order valence-corrected chi connectivity index (χ4v) is 2.37. The predicted octanol–water partition coefficient (Wildman–Crippen LogP) is 1.78. The normalized spacial score (nSPS) is 16.9. The zero-order chi connectivity index (χ0) is 12.0. The lowest BCUT2D eigenvalue weighted by atomic mass is 9.95. The van der Waals surface area contributed by atoms with Gasteiger partial charge in [-0.15, -0.1) is 0 Å². The van der Waals surface area contributed by atoms with Crippen molar-refractivity contribution in [3.8, 4) is 0 Å². The van der Waals surface area contributed by atoms with E-state index >= 15 is 0 Å². The minimum atomic E-state index is -0.340. The third-order valence-corrected chi connectivity index (χ3v) is 3.56. The van der Waals surface area contributed by atoms with Gasteiger partial charge in [0.2, 0.25) is 0 Å². The number of nitrogen functional groups attached to an aromatic ring is 1. The maximum absolute atomic E-state index is 7.73. The van der Waals surface area contributed by atoms with Gasteiger partial charge in [-0.1, -0.05) is 12.1 Å². The van der Waals surface area contributed by atoms with Crippen molar-refractivity contribution in [3.05, 3.63) is 36.2 Å². The van der Waals surface area contributed by atoms with Crippen molar-refractivity contribution < 1.29 is 0 Å². The lowest BCUT2D eigenvalue weighted by molar-refractivity contribution is 0.882. The quantitative estimate of drug-likeness (QED) is 0.414. The minimum absolute atomic E-state index is 0.208. The van der Waals surface area contributed by atoms with Crippen LogP contribution in [0.15, 0.2) is 30.5 Å². The van der Waals surface area contributed by atoms with Gasteiger partial charge in [-0.2, -0.15) is 0 Å². The van der Waals surface area contributed by atoms with Crippen molar-refractivity contribution in [2.75, 3.05) is 5.73 Å². The molecule has 1 aliphatic carbocycles. The number of rotatable bonds is 2. The second-order valence-electron chi connectivity index (χ2n) is 4.60. The molecule has 0 aliphatic heterocycles. The van der Waals surface area contributed by atoms with E-state index in [-0.39, 0.29) is 11.3 Å². The lowest BCUT2D eigenvalue weighted by Gasteiger charge is -2.15. The van der Waals surface area contributed by atoms with Crippen LogP contribution >= 0.6 is 0 Å². The Kier molecular flexibility index (Phi) is 1.90. The van der Waals surface area contributed by atoms with Gasteiger partial charge < -0.3 is 11.5 Å². The smallest absolute Gasteiger partial charge is 0.103 e. The lowest BCUT2D eigenvalue weighted by Crippen LogP contribution is -2.28. The van der Waals surface area contributed by atoms with Crippen LogP contribution in [0.25, 0.3) is 10.8 Å². The highest BCUT2D eigenvalue weighted by molar-refractivity contribution is 6.00. The number of pyridine rings is 1. The van der Waals surface area contributed by atoms with Crippen LogP contribution in [-0.2, 0) is 5.41 Å². The summed E-state index contributed by atoms with van der Waals surface area (Å²) >= 11 is 0. The van der Waals surface area contributed by atoms with Gasteiger partial charge in [-0.25, -0.2) is 0 Å². The van der Waals surface area contributed by atoms with E-state index < -0.39 is 0 Å². The van der Waals surface area contributed by atoms with Crippen LogP contribution in [-0.4, -0.2) is 10.8 Å². The topological polar surface area (TPSA) is 88.8 Å². The summed E-state index contributed by atoms with van der Waals surface area (Å²) < 4.78 is 0. The number of nitrogens with one attached hydrogen (secondary N) is 1. The molecule has 0 amide bonds. The van der Waals surface area contributed by atoms with Crippen molar-refractivity contribution in [2.45, 2.75) is 18.3 Å². The molecule has 0 atom stereocenters. The molecule has 0 bridgehead atoms. The molecule has 1 aromatic heterocycles. The average Bonchev–Trinajstić information content (AvgIpc) is 3.10. The Balaban J connectivity index is 2.32. The first-order valence-corrected chi connectivity index (χ1v) is 5.63. The Labute approximate surface area is 99.2 Å². The highest BCUT2D eigenvalue weighted by Gasteiger charge is 2.49. The third kappa shape index (κ3) is 1.30. The molecule has 1 aromatic carbocycles. The largest absolute Gasteiger partial charge is 0.398 e. The Morgan fingerprint density at radius 1 is 1.24 bits per heavy atom. The van der Waals surface area contributed by atoms with Gasteiger partial charge in [0.25, 0.3) is 0 Å². The van der Waals surface area contributed by atoms with E-state index in [1.54, 1.807) is 6.20 Å². The van der Waals surface area contributed by atoms with E-state index in [1.165, 1.54) is 0 Å². The number of fused-ring (bicyclic) bond motifs is 1. The van der Waals surface area contributed by atoms with Crippen LogP contribution < -0.4 is 11.5 Å². The summed E-state index contributed by atoms with van der Waals surface area (Å²) in [6, 6.07) is 7.69. The van der Waals surface area contributed by atoms with Gasteiger partial charge >= 0.3 is 0 Å². The summed E-state index contributed by atoms with van der Waals surface area (Å²) in [5.74, 6) is 0.208. The summed E-state index contributed by atoms with van der Waals surface area (Å²) in [6.07, 6.45) is 3.56. The number of hydrogen-bond donors (Lipinski definition) is 3. The van der Waals surface area contributed by atoms with E-state index in [0.717, 1.165) is 35.0 Å². The number of anilines is 1. The fourth-order valence-electron chi connectivity index (χ4n) is 2.37. The van der Waals surface area contributed by atoms with E-state index in [4.69, 9.17) is 16.9 Å². The SMILES string of the molecule is N=C(N)C1(c2nccc3c(N)cccc23)CC1. The molecule has 3 rings (SSSR count). The molecule has 0 radical (unpaired) electrons. The third-order valence-electron chi connectivity index (χ3n) is 3.56. The van der Waals surface area contributed by atoms with Crippen molar-refractivity contribution >= 4 is 22.3 Å². The van der Waals surface area contributed by atoms with E-state index in [1.807, 2.05) is 24.3 Å². The van der Waals surface area contributed by atoms with Crippen LogP contribution in [0, 0.1) is 5.41 Å². The summed E-state index contributed by atoms with van der Waals surface area (Å²) in [4.78, 5) is 4.43. The summed E-state index contributed by atoms with van der Waals surface area (Å²) in [5, 5.41) is 9.74. The minimum Gasteiger partial charge on any atom is -0.398 e. The molecule has 1 saturated carbocycles. The van der Waals surface area contributed by atoms with Gasteiger partial charge in [0.05, 0.1) is 11.1 Å². The highest BCUT2D eigenvalue weighted by Crippen LogP contribution is 2.49. The molecule has 1 heterocycles. The van der Waals surface area contributed by atoms with Crippen molar-refractivity contribution in [1.29, 1.82) is 5.41 Å². The molecular weight excluding hydrogens is 212 g/mol. The van der Waals surface area contributed by atoms with Gasteiger partial charge in [-0.05, 0) is 25.0 Å². The number of nitrogens with zero attached hydrogens (tertiary/aromatic N) is 1. The number of nitrogens with two attached hydrogens (primary N) is 2. The van der Waals surface area contributed by atoms with Crippen LogP contribution in [0.1, 0.15) is 18.5 Å². The first-order valence-electron chi connectivity index (χ1n) is 5.63. The standard InChI is InChI=1S/C13H14N4/c14-10-3-1-2-9-8(10)4-7-17-11(9)13(5-6-13)12(15)16/h1-4,7H,5-6,14H2,(H3,15,16). The molecule has 4 heteroatoms. The van der Waals surface area contributed by atoms with Crippen molar-refractivity contribution in [2.24, 2.45) is 5.73 Å². The number of amidine groups is 1. The van der Waals surface area contributed by atoms with Gasteiger partial charge in [0.1, 0.15) is 5.84 Å². The monoisotopic (exact) mass is 226 g/mol. The average molecular weight is 226 g/mol. The van der Waals surface area contributed by atoms with E-state index in [2.05, 4.69) is 4.98 Å². The van der Waals surface area contributed by atoms with Gasteiger partial charge in [-0.3, -0.25) is 10.4 Å². The van der Waals surface area contributed by atoms with Gasteiger partial charge in [0, 0.05) is 22.7 Å². The summed E-state index contributed by atoms with van der Waals surface area (Å²) in [7, 11) is 0. The molecule has 2 aromatic rings. The molecule has 86 valence electrons. The molecule has 5 N–H and O–H groups in total. The van der Waals surface area contributed by atoms with Crippen molar-refractivity contribution in [3.63, 3.8) is 0 Å². The molecule has 1 fully saturated rings. The molecule has 1 aliphatic rings. The number of aromatic nitrogens is 1. The summed E-state index contributed by atoms with van der Waals surface area (Å²) in [5.41, 5.74) is 13.0. The van der Waals surface area contributed by atoms with E-state index in [0.29, 0.717) is 0 Å². The first kappa shape index (κ1) is 10.1. The van der Waals surface area contributed by atoms with Crippen molar-refractivity contribution in [1.82, 2.24) is 4.98 Å². The number of benzene rings is 1. The zero-order valence-electron chi connectivity index (χ0n) is 9.40. The molecule has 0 spiro atoms. The zero-order valence-corrected chi connectivity index (χ0v) is 9.40. The Morgan fingerprint density at radius 2 is 2.00 bits per heavy atom. The Bertz CT molecular complexity index is 614. The maximum atomic E-state index is 7.73. The van der Waals surface area contributed by atoms with Crippen LogP contribution in [0.3, 0.4) is 0 Å². The second kappa shape index (κ2) is 3.20. The van der Waals surface area contributed by atoms with Crippen LogP contribution in [0.4, 0.5) is 5.69 Å². The molecule has 0 saturated heterocycles. The maximum Gasteiger partial charge on any atom is 0.103 e. The molecular formula is C13H14N4. The van der Waals surface area contributed by atoms with Crippen LogP contribution in [0.5, 0.6) is 0 Å². The Morgan fingerprint density at radius 3 is 2.65 bits per heavy atom. The number of hydrogen-bond acceptors (Lipinski definition) is 3. The predicted molar refractivity (Wildman–Crippen MR) is 69.0 cm³/mol. The molecule has 0 unspecified atom stereocenters. The van der Waals surface area contributed by atoms with Gasteiger partial charge in [0.15, 0.2) is 0 Å². The van der Waals surface area contributed by atoms with E-state index in [9.17, 15) is 0 Å². The highest BCUT2D eigenvalue weighted by atomic mass is 14.8. The molecule has 4 nitrogen and oxygen atoms in total. The molecule has 17 heavy (non-hydrogen) atoms. The van der Waals surface area contributed by atoms with Crippen LogP contribution in [0.2, 0.25) is 0 Å². The first-order chi connectivity index (χ1) is 8.15. The second-order valence-corrected chi connectivity index (χ2v) is 4.60. The Hall–Kier alpha value is -2.10. The fraction of sp³-hybridized carbons (Fsp3) is 0.231.